The largest absolute Gasteiger partial charge is 0.456 e. The van der Waals surface area contributed by atoms with Crippen molar-refractivity contribution in [2.75, 3.05) is 0 Å². The fourth-order valence-corrected chi connectivity index (χ4v) is 4.27. The maximum absolute atomic E-state index is 6.06. The molecule has 128 valence electrons. The van der Waals surface area contributed by atoms with Crippen molar-refractivity contribution < 1.29 is 4.42 Å². The summed E-state index contributed by atoms with van der Waals surface area (Å²) >= 11 is 0. The van der Waals surface area contributed by atoms with Crippen molar-refractivity contribution in [2.24, 2.45) is 0 Å². The standard InChI is InChI=1S/C26H15BO/c27-19-11-13-21-18(15-19)9-8-16-14-17(10-12-20(16)21)22-5-3-7-25-26(22)23-4-1-2-6-24(23)28-25/h1-15H. The molecular formula is C26H15BO. The average molecular weight is 354 g/mol. The third kappa shape index (κ3) is 2.21. The lowest BCUT2D eigenvalue weighted by atomic mass is 9.91. The van der Waals surface area contributed by atoms with E-state index in [1.54, 1.807) is 0 Å². The second-order valence-corrected chi connectivity index (χ2v) is 7.26. The summed E-state index contributed by atoms with van der Waals surface area (Å²) in [6.07, 6.45) is 0. The monoisotopic (exact) mass is 354 g/mol. The fourth-order valence-electron chi connectivity index (χ4n) is 4.27. The van der Waals surface area contributed by atoms with Gasteiger partial charge in [-0.1, -0.05) is 78.3 Å². The van der Waals surface area contributed by atoms with Crippen molar-refractivity contribution in [3.63, 3.8) is 0 Å². The molecule has 2 heteroatoms. The zero-order chi connectivity index (χ0) is 18.7. The van der Waals surface area contributed by atoms with Gasteiger partial charge in [0.2, 0.25) is 0 Å². The highest BCUT2D eigenvalue weighted by molar-refractivity contribution is 6.33. The van der Waals surface area contributed by atoms with Gasteiger partial charge in [0, 0.05) is 10.8 Å². The summed E-state index contributed by atoms with van der Waals surface area (Å²) in [4.78, 5) is 0. The predicted octanol–water partition coefficient (Wildman–Crippen LogP) is 6.35. The lowest BCUT2D eigenvalue weighted by molar-refractivity contribution is 0.669. The van der Waals surface area contributed by atoms with Crippen molar-refractivity contribution in [1.29, 1.82) is 0 Å². The summed E-state index contributed by atoms with van der Waals surface area (Å²) in [7, 11) is 5.95. The lowest BCUT2D eigenvalue weighted by Crippen LogP contribution is -1.99. The molecule has 6 aromatic rings. The highest BCUT2D eigenvalue weighted by atomic mass is 16.3. The Kier molecular flexibility index (Phi) is 3.18. The molecule has 1 aromatic heterocycles. The molecule has 6 rings (SSSR count). The minimum absolute atomic E-state index is 0.794. The van der Waals surface area contributed by atoms with Crippen LogP contribution >= 0.6 is 0 Å². The van der Waals surface area contributed by atoms with Gasteiger partial charge in [0.1, 0.15) is 19.0 Å². The number of para-hydroxylation sites is 1. The summed E-state index contributed by atoms with van der Waals surface area (Å²) in [5, 5.41) is 7.19. The van der Waals surface area contributed by atoms with E-state index >= 15 is 0 Å². The van der Waals surface area contributed by atoms with Gasteiger partial charge in [-0.15, -0.1) is 0 Å². The normalized spacial score (nSPS) is 11.7. The number of benzene rings is 5. The fraction of sp³-hybridized carbons (Fsp3) is 0. The van der Waals surface area contributed by atoms with Crippen molar-refractivity contribution >= 4 is 56.8 Å². The predicted molar refractivity (Wildman–Crippen MR) is 120 cm³/mol. The van der Waals surface area contributed by atoms with Crippen LogP contribution in [-0.2, 0) is 0 Å². The van der Waals surface area contributed by atoms with E-state index in [9.17, 15) is 0 Å². The number of furan rings is 1. The maximum atomic E-state index is 6.06. The van der Waals surface area contributed by atoms with Crippen LogP contribution in [0.2, 0.25) is 0 Å². The minimum atomic E-state index is 0.794. The highest BCUT2D eigenvalue weighted by Gasteiger charge is 2.12. The van der Waals surface area contributed by atoms with Crippen LogP contribution in [0.1, 0.15) is 0 Å². The van der Waals surface area contributed by atoms with Crippen LogP contribution in [0.25, 0.3) is 54.6 Å². The summed E-state index contributed by atoms with van der Waals surface area (Å²) < 4.78 is 6.06. The third-order valence-electron chi connectivity index (χ3n) is 5.57. The molecule has 1 heterocycles. The van der Waals surface area contributed by atoms with Gasteiger partial charge in [0.25, 0.3) is 0 Å². The van der Waals surface area contributed by atoms with Gasteiger partial charge >= 0.3 is 0 Å². The Hall–Kier alpha value is -3.52. The van der Waals surface area contributed by atoms with Crippen LogP contribution < -0.4 is 5.46 Å². The Balaban J connectivity index is 1.64. The van der Waals surface area contributed by atoms with Crippen molar-refractivity contribution in [3.05, 3.63) is 91.0 Å². The molecule has 0 aliphatic rings. The Morgan fingerprint density at radius 1 is 0.571 bits per heavy atom. The first-order valence-electron chi connectivity index (χ1n) is 9.41. The molecule has 0 saturated heterocycles. The molecule has 0 bridgehead atoms. The molecule has 28 heavy (non-hydrogen) atoms. The zero-order valence-corrected chi connectivity index (χ0v) is 15.1. The van der Waals surface area contributed by atoms with Gasteiger partial charge in [0.05, 0.1) is 0 Å². The summed E-state index contributed by atoms with van der Waals surface area (Å²) in [6.45, 7) is 0. The van der Waals surface area contributed by atoms with Crippen LogP contribution in [0.3, 0.4) is 0 Å². The number of hydrogen-bond acceptors (Lipinski definition) is 1. The SMILES string of the molecule is [B]c1ccc2c(ccc3cc(-c4cccc5oc6ccccc6c45)ccc32)c1. The van der Waals surface area contributed by atoms with Gasteiger partial charge in [0.15, 0.2) is 0 Å². The first-order valence-corrected chi connectivity index (χ1v) is 9.41. The van der Waals surface area contributed by atoms with Crippen LogP contribution in [0.5, 0.6) is 0 Å². The zero-order valence-electron chi connectivity index (χ0n) is 15.1. The van der Waals surface area contributed by atoms with Gasteiger partial charge < -0.3 is 4.42 Å². The molecule has 0 amide bonds. The molecule has 0 spiro atoms. The van der Waals surface area contributed by atoms with Crippen molar-refractivity contribution in [1.82, 2.24) is 0 Å². The van der Waals surface area contributed by atoms with Crippen LogP contribution in [-0.4, -0.2) is 7.85 Å². The van der Waals surface area contributed by atoms with E-state index in [4.69, 9.17) is 12.3 Å². The first kappa shape index (κ1) is 15.5. The molecule has 2 radical (unpaired) electrons. The molecule has 0 fully saturated rings. The molecule has 0 atom stereocenters. The van der Waals surface area contributed by atoms with Crippen LogP contribution in [0.15, 0.2) is 95.4 Å². The second kappa shape index (κ2) is 5.74. The summed E-state index contributed by atoms with van der Waals surface area (Å²) in [6, 6.07) is 31.6. The van der Waals surface area contributed by atoms with Crippen molar-refractivity contribution in [3.8, 4) is 11.1 Å². The van der Waals surface area contributed by atoms with E-state index in [-0.39, 0.29) is 0 Å². The van der Waals surface area contributed by atoms with E-state index in [0.29, 0.717) is 0 Å². The quantitative estimate of drug-likeness (QED) is 0.248. The third-order valence-corrected chi connectivity index (χ3v) is 5.57. The first-order chi connectivity index (χ1) is 13.8. The minimum Gasteiger partial charge on any atom is -0.456 e. The van der Waals surface area contributed by atoms with E-state index in [1.807, 2.05) is 30.3 Å². The van der Waals surface area contributed by atoms with Crippen LogP contribution in [0, 0.1) is 0 Å². The van der Waals surface area contributed by atoms with E-state index in [2.05, 4.69) is 60.7 Å². The van der Waals surface area contributed by atoms with Crippen LogP contribution in [0.4, 0.5) is 0 Å². The molecule has 1 nitrogen and oxygen atoms in total. The number of rotatable bonds is 1. The van der Waals surface area contributed by atoms with Gasteiger partial charge in [-0.05, 0) is 50.9 Å². The number of fused-ring (bicyclic) bond motifs is 6. The summed E-state index contributed by atoms with van der Waals surface area (Å²) in [5.74, 6) is 0. The average Bonchev–Trinajstić information content (AvgIpc) is 3.12. The molecule has 0 aliphatic heterocycles. The molecular weight excluding hydrogens is 339 g/mol. The van der Waals surface area contributed by atoms with E-state index in [1.165, 1.54) is 38.1 Å². The van der Waals surface area contributed by atoms with E-state index in [0.717, 1.165) is 22.0 Å². The summed E-state index contributed by atoms with van der Waals surface area (Å²) in [5.41, 5.74) is 5.03. The van der Waals surface area contributed by atoms with Crippen molar-refractivity contribution in [2.45, 2.75) is 0 Å². The smallest absolute Gasteiger partial charge is 0.136 e. The Morgan fingerprint density at radius 3 is 2.21 bits per heavy atom. The molecule has 0 saturated carbocycles. The second-order valence-electron chi connectivity index (χ2n) is 7.26. The Labute approximate surface area is 163 Å². The van der Waals surface area contributed by atoms with Gasteiger partial charge in [-0.25, -0.2) is 0 Å². The lowest BCUT2D eigenvalue weighted by Gasteiger charge is -2.09. The molecule has 0 N–H and O–H groups in total. The topological polar surface area (TPSA) is 13.1 Å². The Morgan fingerprint density at radius 2 is 1.32 bits per heavy atom. The molecule has 5 aromatic carbocycles. The number of hydrogen-bond donors (Lipinski definition) is 0. The molecule has 0 aliphatic carbocycles. The van der Waals surface area contributed by atoms with E-state index < -0.39 is 0 Å². The highest BCUT2D eigenvalue weighted by Crippen LogP contribution is 2.38. The molecule has 0 unspecified atom stereocenters. The van der Waals surface area contributed by atoms with Gasteiger partial charge in [-0.3, -0.25) is 0 Å². The Bertz CT molecular complexity index is 1520. The van der Waals surface area contributed by atoms with Gasteiger partial charge in [-0.2, -0.15) is 0 Å². The maximum Gasteiger partial charge on any atom is 0.136 e.